The number of rotatable bonds is 2. The quantitative estimate of drug-likeness (QED) is 0.869. The summed E-state index contributed by atoms with van der Waals surface area (Å²) in [5, 5.41) is 15.3. The van der Waals surface area contributed by atoms with E-state index >= 15 is 0 Å². The van der Waals surface area contributed by atoms with E-state index < -0.39 is 0 Å². The number of nitrogens with one attached hydrogen (secondary N) is 1. The smallest absolute Gasteiger partial charge is 0.319 e. The molecule has 0 unspecified atom stereocenters. The number of nitrogens with zero attached hydrogens (tertiary/aromatic N) is 5. The minimum absolute atomic E-state index is 0.106. The summed E-state index contributed by atoms with van der Waals surface area (Å²) < 4.78 is 0. The van der Waals surface area contributed by atoms with Gasteiger partial charge in [-0.1, -0.05) is 0 Å². The number of carbonyl (C=O) groups is 1. The van der Waals surface area contributed by atoms with Gasteiger partial charge in [-0.25, -0.2) is 14.8 Å². The highest BCUT2D eigenvalue weighted by Crippen LogP contribution is 2.34. The van der Waals surface area contributed by atoms with Crippen LogP contribution in [0.15, 0.2) is 24.4 Å². The lowest BCUT2D eigenvalue weighted by Crippen LogP contribution is -2.57. The Morgan fingerprint density at radius 1 is 1.11 bits per heavy atom. The van der Waals surface area contributed by atoms with Crippen molar-refractivity contribution in [2.24, 2.45) is 0 Å². The Kier molecular flexibility index (Phi) is 5.25. The number of hydrogen-bond donors (Lipinski definition) is 1. The lowest BCUT2D eigenvalue weighted by atomic mass is 9.89. The third-order valence-corrected chi connectivity index (χ3v) is 6.06. The highest BCUT2D eigenvalue weighted by atomic mass is 16.2. The standard InChI is InChI=1S/C21H28N6O/c1-24(2)21(28)25-9-11-27(12-10-25)26-7-5-17(6-8-26)19-15-23-20-4-3-16(14-22)13-18(19)20/h3-4,13,15,17,23H,5-12H2,1-2H3. The Hall–Kier alpha value is -2.56. The van der Waals surface area contributed by atoms with Crippen LogP contribution in [0.2, 0.25) is 0 Å². The number of H-pyrrole nitrogens is 1. The van der Waals surface area contributed by atoms with Gasteiger partial charge in [0.15, 0.2) is 0 Å². The summed E-state index contributed by atoms with van der Waals surface area (Å²) >= 11 is 0. The average Bonchev–Trinajstić information content (AvgIpc) is 3.16. The zero-order valence-corrected chi connectivity index (χ0v) is 16.7. The zero-order valence-electron chi connectivity index (χ0n) is 16.7. The lowest BCUT2D eigenvalue weighted by molar-refractivity contribution is -0.0658. The topological polar surface area (TPSA) is 69.6 Å². The van der Waals surface area contributed by atoms with Crippen molar-refractivity contribution in [1.29, 1.82) is 5.26 Å². The normalized spacial score (nSPS) is 19.7. The van der Waals surface area contributed by atoms with Gasteiger partial charge in [-0.15, -0.1) is 0 Å². The molecule has 4 rings (SSSR count). The molecular formula is C21H28N6O. The van der Waals surface area contributed by atoms with E-state index in [0.29, 0.717) is 5.92 Å². The van der Waals surface area contributed by atoms with Crippen LogP contribution in [0.5, 0.6) is 0 Å². The second-order valence-corrected chi connectivity index (χ2v) is 7.96. The molecule has 148 valence electrons. The molecule has 7 nitrogen and oxygen atoms in total. The predicted octanol–water partition coefficient (Wildman–Crippen LogP) is 2.43. The maximum absolute atomic E-state index is 12.1. The highest BCUT2D eigenvalue weighted by molar-refractivity contribution is 5.85. The van der Waals surface area contributed by atoms with Gasteiger partial charge in [0.1, 0.15) is 0 Å². The third kappa shape index (κ3) is 3.58. The van der Waals surface area contributed by atoms with Crippen LogP contribution in [0.25, 0.3) is 10.9 Å². The van der Waals surface area contributed by atoms with Gasteiger partial charge in [0.25, 0.3) is 0 Å². The van der Waals surface area contributed by atoms with E-state index in [2.05, 4.69) is 27.3 Å². The van der Waals surface area contributed by atoms with E-state index in [9.17, 15) is 10.1 Å². The van der Waals surface area contributed by atoms with Crippen molar-refractivity contribution >= 4 is 16.9 Å². The zero-order chi connectivity index (χ0) is 19.7. The van der Waals surface area contributed by atoms with Gasteiger partial charge in [-0.3, -0.25) is 0 Å². The summed E-state index contributed by atoms with van der Waals surface area (Å²) in [6.45, 7) is 5.46. The number of nitriles is 1. The van der Waals surface area contributed by atoms with Crippen molar-refractivity contribution < 1.29 is 4.79 Å². The number of aromatic amines is 1. The fourth-order valence-corrected chi connectivity index (χ4v) is 4.46. The summed E-state index contributed by atoms with van der Waals surface area (Å²) in [5.41, 5.74) is 3.17. The van der Waals surface area contributed by atoms with E-state index in [0.717, 1.165) is 63.2 Å². The van der Waals surface area contributed by atoms with E-state index in [-0.39, 0.29) is 6.03 Å². The molecule has 2 aromatic rings. The summed E-state index contributed by atoms with van der Waals surface area (Å²) in [7, 11) is 3.62. The molecule has 2 aliphatic heterocycles. The summed E-state index contributed by atoms with van der Waals surface area (Å²) in [6, 6.07) is 8.23. The number of carbonyl (C=O) groups excluding carboxylic acids is 1. The summed E-state index contributed by atoms with van der Waals surface area (Å²) in [5.74, 6) is 0.524. The molecule has 2 saturated heterocycles. The van der Waals surface area contributed by atoms with Gasteiger partial charge in [-0.2, -0.15) is 5.26 Å². The number of aromatic nitrogens is 1. The maximum atomic E-state index is 12.1. The highest BCUT2D eigenvalue weighted by Gasteiger charge is 2.29. The van der Waals surface area contributed by atoms with Crippen LogP contribution in [0.3, 0.4) is 0 Å². The fraction of sp³-hybridized carbons (Fsp3) is 0.524. The van der Waals surface area contributed by atoms with Crippen LogP contribution in [-0.2, 0) is 0 Å². The monoisotopic (exact) mass is 380 g/mol. The van der Waals surface area contributed by atoms with E-state index in [1.54, 1.807) is 4.90 Å². The first kappa shape index (κ1) is 18.8. The number of hydrogen-bond acceptors (Lipinski definition) is 4. The van der Waals surface area contributed by atoms with Crippen LogP contribution >= 0.6 is 0 Å². The second-order valence-electron chi connectivity index (χ2n) is 7.96. The van der Waals surface area contributed by atoms with Crippen molar-refractivity contribution in [3.63, 3.8) is 0 Å². The first-order chi connectivity index (χ1) is 13.6. The molecule has 7 heteroatoms. The SMILES string of the molecule is CN(C)C(=O)N1CCN(N2CCC(c3c[nH]c4ccc(C#N)cc34)CC2)CC1. The lowest BCUT2D eigenvalue weighted by Gasteiger charge is -2.44. The van der Waals surface area contributed by atoms with Crippen LogP contribution < -0.4 is 0 Å². The molecule has 0 spiro atoms. The molecule has 28 heavy (non-hydrogen) atoms. The van der Waals surface area contributed by atoms with Crippen LogP contribution in [0.1, 0.15) is 29.9 Å². The van der Waals surface area contributed by atoms with Crippen LogP contribution in [0, 0.1) is 11.3 Å². The molecule has 1 N–H and O–H groups in total. The minimum Gasteiger partial charge on any atom is -0.361 e. The van der Waals surface area contributed by atoms with E-state index in [4.69, 9.17) is 0 Å². The number of urea groups is 1. The Morgan fingerprint density at radius 3 is 2.43 bits per heavy atom. The molecule has 2 amide bonds. The van der Waals surface area contributed by atoms with Crippen molar-refractivity contribution in [2.45, 2.75) is 18.8 Å². The molecular weight excluding hydrogens is 352 g/mol. The van der Waals surface area contributed by atoms with Gasteiger partial charge in [0, 0.05) is 70.5 Å². The Bertz CT molecular complexity index is 882. The largest absolute Gasteiger partial charge is 0.361 e. The molecule has 0 aliphatic carbocycles. The van der Waals surface area contributed by atoms with Gasteiger partial charge in [-0.05, 0) is 42.5 Å². The van der Waals surface area contributed by atoms with E-state index in [1.165, 1.54) is 10.9 Å². The Labute approximate surface area is 166 Å². The molecule has 2 fully saturated rings. The van der Waals surface area contributed by atoms with E-state index in [1.807, 2.05) is 37.2 Å². The minimum atomic E-state index is 0.106. The number of piperazine rings is 1. The molecule has 0 atom stereocenters. The van der Waals surface area contributed by atoms with Gasteiger partial charge in [0.2, 0.25) is 0 Å². The van der Waals surface area contributed by atoms with Crippen molar-refractivity contribution in [2.75, 3.05) is 53.4 Å². The summed E-state index contributed by atoms with van der Waals surface area (Å²) in [6.07, 6.45) is 4.35. The number of hydrazine groups is 1. The molecule has 2 aliphatic rings. The third-order valence-electron chi connectivity index (χ3n) is 6.06. The van der Waals surface area contributed by atoms with Gasteiger partial charge in [0.05, 0.1) is 11.6 Å². The van der Waals surface area contributed by atoms with Crippen molar-refractivity contribution in [3.8, 4) is 6.07 Å². The fourth-order valence-electron chi connectivity index (χ4n) is 4.46. The molecule has 1 aromatic carbocycles. The van der Waals surface area contributed by atoms with Crippen molar-refractivity contribution in [3.05, 3.63) is 35.5 Å². The number of piperidine rings is 1. The Balaban J connectivity index is 1.36. The first-order valence-electron chi connectivity index (χ1n) is 10.0. The summed E-state index contributed by atoms with van der Waals surface area (Å²) in [4.78, 5) is 19.1. The second kappa shape index (κ2) is 7.82. The number of fused-ring (bicyclic) bond motifs is 1. The molecule has 0 bridgehead atoms. The van der Waals surface area contributed by atoms with Gasteiger partial charge >= 0.3 is 6.03 Å². The molecule has 3 heterocycles. The molecule has 0 radical (unpaired) electrons. The molecule has 1 aromatic heterocycles. The van der Waals surface area contributed by atoms with Crippen molar-refractivity contribution in [1.82, 2.24) is 24.8 Å². The van der Waals surface area contributed by atoms with Gasteiger partial charge < -0.3 is 14.8 Å². The Morgan fingerprint density at radius 2 is 1.79 bits per heavy atom. The van der Waals surface area contributed by atoms with Crippen LogP contribution in [-0.4, -0.2) is 84.2 Å². The first-order valence-corrected chi connectivity index (χ1v) is 10.0. The van der Waals surface area contributed by atoms with Crippen LogP contribution in [0.4, 0.5) is 4.79 Å². The predicted molar refractivity (Wildman–Crippen MR) is 109 cm³/mol. The maximum Gasteiger partial charge on any atom is 0.319 e. The average molecular weight is 380 g/mol. The number of amides is 2. The number of benzene rings is 1. The molecule has 0 saturated carbocycles.